The second-order valence-corrected chi connectivity index (χ2v) is 6.39. The van der Waals surface area contributed by atoms with Gasteiger partial charge in [-0.1, -0.05) is 36.4 Å². The van der Waals surface area contributed by atoms with Crippen molar-refractivity contribution in [1.82, 2.24) is 4.90 Å². The van der Waals surface area contributed by atoms with Gasteiger partial charge in [0.25, 0.3) is 0 Å². The molecule has 0 amide bonds. The zero-order chi connectivity index (χ0) is 14.4. The van der Waals surface area contributed by atoms with E-state index in [2.05, 4.69) is 36.3 Å². The van der Waals surface area contributed by atoms with Crippen LogP contribution in [0.3, 0.4) is 0 Å². The smallest absolute Gasteiger partial charge is 0.0802 e. The number of rotatable bonds is 7. The van der Waals surface area contributed by atoms with Gasteiger partial charge >= 0.3 is 0 Å². The van der Waals surface area contributed by atoms with Gasteiger partial charge in [-0.05, 0) is 37.3 Å². The van der Waals surface area contributed by atoms with Gasteiger partial charge in [0.1, 0.15) is 0 Å². The third-order valence-electron chi connectivity index (χ3n) is 3.54. The molecule has 1 aromatic heterocycles. The van der Waals surface area contributed by atoms with Gasteiger partial charge in [0.15, 0.2) is 0 Å². The molecule has 3 heteroatoms. The number of hydrogen-bond acceptors (Lipinski definition) is 3. The van der Waals surface area contributed by atoms with E-state index in [4.69, 9.17) is 0 Å². The van der Waals surface area contributed by atoms with Gasteiger partial charge in [-0.15, -0.1) is 11.3 Å². The van der Waals surface area contributed by atoms with Gasteiger partial charge in [-0.3, -0.25) is 4.90 Å². The number of hydrogen-bond donors (Lipinski definition) is 1. The molecule has 0 aliphatic rings. The minimum Gasteiger partial charge on any atom is -0.388 e. The second-order valence-electron chi connectivity index (χ2n) is 5.36. The van der Waals surface area contributed by atoms with Gasteiger partial charge in [0.2, 0.25) is 0 Å². The van der Waals surface area contributed by atoms with Crippen LogP contribution < -0.4 is 0 Å². The molecular weight excluding hydrogens is 266 g/mol. The average Bonchev–Trinajstić information content (AvgIpc) is 2.96. The first-order chi connectivity index (χ1) is 9.66. The third kappa shape index (κ3) is 4.44. The predicted octanol–water partition coefficient (Wildman–Crippen LogP) is 4.08. The van der Waals surface area contributed by atoms with E-state index in [9.17, 15) is 5.11 Å². The maximum absolute atomic E-state index is 10.3. The average molecular weight is 289 g/mol. The van der Waals surface area contributed by atoms with Crippen LogP contribution in [0.15, 0.2) is 47.8 Å². The van der Waals surface area contributed by atoms with Crippen LogP contribution in [0, 0.1) is 0 Å². The van der Waals surface area contributed by atoms with E-state index in [0.717, 1.165) is 25.1 Å². The van der Waals surface area contributed by atoms with E-state index in [1.807, 2.05) is 30.3 Å². The van der Waals surface area contributed by atoms with E-state index < -0.39 is 0 Å². The summed E-state index contributed by atoms with van der Waals surface area (Å²) < 4.78 is 0. The van der Waals surface area contributed by atoms with Gasteiger partial charge in [0.05, 0.1) is 6.10 Å². The Morgan fingerprint density at radius 1 is 1.10 bits per heavy atom. The summed E-state index contributed by atoms with van der Waals surface area (Å²) in [4.78, 5) is 3.80. The Kier molecular flexibility index (Phi) is 5.77. The minimum absolute atomic E-state index is 0.374. The molecule has 0 spiro atoms. The fourth-order valence-corrected chi connectivity index (χ4v) is 2.98. The maximum Gasteiger partial charge on any atom is 0.0802 e. The molecule has 0 fully saturated rings. The first-order valence-corrected chi connectivity index (χ1v) is 8.04. The van der Waals surface area contributed by atoms with Crippen molar-refractivity contribution in [2.75, 3.05) is 6.54 Å². The summed E-state index contributed by atoms with van der Waals surface area (Å²) in [6, 6.07) is 14.7. The van der Waals surface area contributed by atoms with Crippen molar-refractivity contribution in [1.29, 1.82) is 0 Å². The maximum atomic E-state index is 10.3. The predicted molar refractivity (Wildman–Crippen MR) is 85.9 cm³/mol. The number of aliphatic hydroxyl groups excluding tert-OH is 1. The minimum atomic E-state index is -0.374. The molecule has 1 aromatic carbocycles. The van der Waals surface area contributed by atoms with E-state index in [1.165, 1.54) is 4.88 Å². The molecule has 0 aliphatic heterocycles. The van der Waals surface area contributed by atoms with Crippen molar-refractivity contribution in [3.63, 3.8) is 0 Å². The van der Waals surface area contributed by atoms with E-state index in [1.54, 1.807) is 11.3 Å². The molecule has 20 heavy (non-hydrogen) atoms. The van der Waals surface area contributed by atoms with Gasteiger partial charge in [-0.25, -0.2) is 0 Å². The van der Waals surface area contributed by atoms with Crippen LogP contribution in [0.1, 0.15) is 36.8 Å². The van der Waals surface area contributed by atoms with Gasteiger partial charge < -0.3 is 5.11 Å². The Bertz CT molecular complexity index is 481. The first-order valence-electron chi connectivity index (χ1n) is 7.16. The molecule has 2 aromatic rings. The molecular formula is C17H23NOS. The molecule has 0 aliphatic carbocycles. The zero-order valence-corrected chi connectivity index (χ0v) is 13.0. The summed E-state index contributed by atoms with van der Waals surface area (Å²) in [6.07, 6.45) is 0.397. The van der Waals surface area contributed by atoms with Crippen molar-refractivity contribution >= 4 is 11.3 Å². The molecule has 0 bridgehead atoms. The number of aliphatic hydroxyl groups is 1. The van der Waals surface area contributed by atoms with Crippen LogP contribution in [-0.4, -0.2) is 22.6 Å². The van der Waals surface area contributed by atoms with E-state index >= 15 is 0 Å². The standard InChI is InChI=1S/C17H23NOS/c1-14(2)18(13-16-9-6-12-20-16)11-10-17(19)15-7-4-3-5-8-15/h3-9,12,14,17,19H,10-11,13H2,1-2H3. The molecule has 1 heterocycles. The lowest BCUT2D eigenvalue weighted by atomic mass is 10.1. The van der Waals surface area contributed by atoms with Crippen molar-refractivity contribution < 1.29 is 5.11 Å². The van der Waals surface area contributed by atoms with Crippen molar-refractivity contribution in [3.05, 3.63) is 58.3 Å². The van der Waals surface area contributed by atoms with Crippen LogP contribution in [0.4, 0.5) is 0 Å². The zero-order valence-electron chi connectivity index (χ0n) is 12.2. The molecule has 2 rings (SSSR count). The topological polar surface area (TPSA) is 23.5 Å². The quantitative estimate of drug-likeness (QED) is 0.830. The van der Waals surface area contributed by atoms with Gasteiger partial charge in [-0.2, -0.15) is 0 Å². The summed E-state index contributed by atoms with van der Waals surface area (Å²) in [5.74, 6) is 0. The highest BCUT2D eigenvalue weighted by Crippen LogP contribution is 2.19. The first kappa shape index (κ1) is 15.2. The fourth-order valence-electron chi connectivity index (χ4n) is 2.25. The highest BCUT2D eigenvalue weighted by atomic mass is 32.1. The lowest BCUT2D eigenvalue weighted by molar-refractivity contribution is 0.127. The lowest BCUT2D eigenvalue weighted by Gasteiger charge is -2.27. The summed E-state index contributed by atoms with van der Waals surface area (Å²) in [7, 11) is 0. The molecule has 1 atom stereocenters. The number of thiophene rings is 1. The van der Waals surface area contributed by atoms with Crippen molar-refractivity contribution in [2.45, 2.75) is 39.0 Å². The largest absolute Gasteiger partial charge is 0.388 e. The molecule has 1 N–H and O–H groups in total. The normalized spacial score (nSPS) is 13.1. The summed E-state index contributed by atoms with van der Waals surface area (Å²) >= 11 is 1.80. The highest BCUT2D eigenvalue weighted by molar-refractivity contribution is 7.09. The Morgan fingerprint density at radius 2 is 1.85 bits per heavy atom. The van der Waals surface area contributed by atoms with Crippen molar-refractivity contribution in [3.8, 4) is 0 Å². The van der Waals surface area contributed by atoms with Gasteiger partial charge in [0, 0.05) is 24.0 Å². The summed E-state index contributed by atoms with van der Waals surface area (Å²) in [5.41, 5.74) is 1.01. The number of nitrogens with zero attached hydrogens (tertiary/aromatic N) is 1. The SMILES string of the molecule is CC(C)N(CCC(O)c1ccccc1)Cc1cccs1. The van der Waals surface area contributed by atoms with Crippen LogP contribution in [0.2, 0.25) is 0 Å². The third-order valence-corrected chi connectivity index (χ3v) is 4.40. The Balaban J connectivity index is 1.89. The molecule has 2 nitrogen and oxygen atoms in total. The lowest BCUT2D eigenvalue weighted by Crippen LogP contribution is -2.31. The fraction of sp³-hybridized carbons (Fsp3) is 0.412. The molecule has 0 saturated carbocycles. The monoisotopic (exact) mass is 289 g/mol. The molecule has 0 saturated heterocycles. The van der Waals surface area contributed by atoms with Crippen LogP contribution >= 0.6 is 11.3 Å². The highest BCUT2D eigenvalue weighted by Gasteiger charge is 2.14. The van der Waals surface area contributed by atoms with Crippen molar-refractivity contribution in [2.24, 2.45) is 0 Å². The second kappa shape index (κ2) is 7.58. The summed E-state index contributed by atoms with van der Waals surface area (Å²) in [5, 5.41) is 12.4. The van der Waals surface area contributed by atoms with Crippen LogP contribution in [0.5, 0.6) is 0 Å². The summed E-state index contributed by atoms with van der Waals surface area (Å²) in [6.45, 7) is 6.30. The Hall–Kier alpha value is -1.16. The molecule has 0 radical (unpaired) electrons. The van der Waals surface area contributed by atoms with Crippen LogP contribution in [-0.2, 0) is 6.54 Å². The molecule has 1 unspecified atom stereocenters. The van der Waals surface area contributed by atoms with E-state index in [-0.39, 0.29) is 6.10 Å². The molecule has 108 valence electrons. The van der Waals surface area contributed by atoms with Crippen LogP contribution in [0.25, 0.3) is 0 Å². The number of benzene rings is 1. The Labute approximate surface area is 125 Å². The Morgan fingerprint density at radius 3 is 2.45 bits per heavy atom. The van der Waals surface area contributed by atoms with E-state index in [0.29, 0.717) is 6.04 Å².